The fourth-order valence-electron chi connectivity index (χ4n) is 4.59. The molecule has 4 N–H and O–H groups in total. The number of Topliss-reactive ketones (excluding diaryl/α,β-unsaturated/α-hetero) is 1. The molecule has 0 radical (unpaired) electrons. The molecule has 0 aromatic heterocycles. The van der Waals surface area contributed by atoms with Gasteiger partial charge in [-0.15, -0.1) is 0 Å². The lowest BCUT2D eigenvalue weighted by Gasteiger charge is -2.27. The van der Waals surface area contributed by atoms with E-state index >= 15 is 0 Å². The van der Waals surface area contributed by atoms with Crippen LogP contribution >= 0.6 is 0 Å². The Balaban J connectivity index is 2.16. The number of ketones is 1. The van der Waals surface area contributed by atoms with Crippen LogP contribution in [0.2, 0.25) is 0 Å². The zero-order valence-corrected chi connectivity index (χ0v) is 24.2. The maximum Gasteiger partial charge on any atom is 0.328 e. The summed E-state index contributed by atoms with van der Waals surface area (Å²) in [5, 5.41) is 11.2. The lowest BCUT2D eigenvalue weighted by atomic mass is 9.88. The summed E-state index contributed by atoms with van der Waals surface area (Å²) in [4.78, 5) is 63.8. The summed E-state index contributed by atoms with van der Waals surface area (Å²) in [5.74, 6) is -2.37. The number of amides is 4. The molecule has 220 valence electrons. The highest BCUT2D eigenvalue weighted by Gasteiger charge is 2.32. The van der Waals surface area contributed by atoms with E-state index in [0.717, 1.165) is 5.56 Å². The van der Waals surface area contributed by atoms with E-state index in [-0.39, 0.29) is 35.9 Å². The zero-order valence-electron chi connectivity index (χ0n) is 24.2. The number of urea groups is 1. The van der Waals surface area contributed by atoms with E-state index in [0.29, 0.717) is 32.2 Å². The quantitative estimate of drug-likeness (QED) is 0.327. The minimum atomic E-state index is -0.861. The fourth-order valence-corrected chi connectivity index (χ4v) is 4.59. The van der Waals surface area contributed by atoms with E-state index in [1.165, 1.54) is 13.2 Å². The number of nitrogens with one attached hydrogen (secondary N) is 4. The summed E-state index contributed by atoms with van der Waals surface area (Å²) >= 11 is 0. The molecule has 0 unspecified atom stereocenters. The molecule has 4 atom stereocenters. The first-order valence-electron chi connectivity index (χ1n) is 14.0. The summed E-state index contributed by atoms with van der Waals surface area (Å²) in [6.07, 6.45) is 5.33. The number of esters is 1. The van der Waals surface area contributed by atoms with Gasteiger partial charge < -0.3 is 26.0 Å². The SMILES string of the molecule is COC(=O)[C@@H](NC(=O)N[C@H](C(=O)C[C@H]1CCCCNC(=O)/C=C/[C@H](Cc2ccccc2)NC1=O)C(C)C)C(C)C. The van der Waals surface area contributed by atoms with Gasteiger partial charge in [0, 0.05) is 25.0 Å². The van der Waals surface area contributed by atoms with Crippen LogP contribution in [-0.2, 0) is 30.3 Å². The monoisotopic (exact) mass is 556 g/mol. The molecule has 0 bridgehead atoms. The van der Waals surface area contributed by atoms with E-state index < -0.39 is 36.0 Å². The van der Waals surface area contributed by atoms with Gasteiger partial charge in [0.25, 0.3) is 0 Å². The normalized spacial score (nSPS) is 20.7. The molecule has 1 aliphatic rings. The van der Waals surface area contributed by atoms with Crippen molar-refractivity contribution in [1.29, 1.82) is 0 Å². The van der Waals surface area contributed by atoms with Gasteiger partial charge in [0.1, 0.15) is 6.04 Å². The van der Waals surface area contributed by atoms with Gasteiger partial charge in [-0.1, -0.05) is 70.5 Å². The Hall–Kier alpha value is -3.69. The molecule has 0 saturated carbocycles. The lowest BCUT2D eigenvalue weighted by Crippen LogP contribution is -2.54. The number of carbonyl (C=O) groups is 5. The van der Waals surface area contributed by atoms with Crippen LogP contribution in [0.25, 0.3) is 0 Å². The zero-order chi connectivity index (χ0) is 29.7. The van der Waals surface area contributed by atoms with Crippen LogP contribution in [0.4, 0.5) is 4.79 Å². The van der Waals surface area contributed by atoms with E-state index in [4.69, 9.17) is 4.74 Å². The molecular formula is C30H44N4O6. The Morgan fingerprint density at radius 2 is 1.62 bits per heavy atom. The molecule has 40 heavy (non-hydrogen) atoms. The molecule has 4 amide bonds. The number of rotatable bonds is 10. The van der Waals surface area contributed by atoms with Gasteiger partial charge in [-0.25, -0.2) is 9.59 Å². The van der Waals surface area contributed by atoms with Gasteiger partial charge in [0.2, 0.25) is 11.8 Å². The molecule has 0 spiro atoms. The molecule has 10 nitrogen and oxygen atoms in total. The number of hydrogen-bond acceptors (Lipinski definition) is 6. The van der Waals surface area contributed by atoms with Crippen LogP contribution in [0.15, 0.2) is 42.5 Å². The fraction of sp³-hybridized carbons (Fsp3) is 0.567. The third kappa shape index (κ3) is 10.8. The lowest BCUT2D eigenvalue weighted by molar-refractivity contribution is -0.144. The van der Waals surface area contributed by atoms with Gasteiger partial charge in [0.05, 0.1) is 19.2 Å². The molecular weight excluding hydrogens is 512 g/mol. The summed E-state index contributed by atoms with van der Waals surface area (Å²) in [6, 6.07) is 6.83. The van der Waals surface area contributed by atoms with Crippen molar-refractivity contribution in [2.24, 2.45) is 17.8 Å². The van der Waals surface area contributed by atoms with E-state index in [1.807, 2.05) is 44.2 Å². The summed E-state index contributed by atoms with van der Waals surface area (Å²) in [6.45, 7) is 7.66. The highest BCUT2D eigenvalue weighted by Crippen LogP contribution is 2.19. The predicted molar refractivity (Wildman–Crippen MR) is 152 cm³/mol. The van der Waals surface area contributed by atoms with E-state index in [9.17, 15) is 24.0 Å². The Morgan fingerprint density at radius 3 is 2.25 bits per heavy atom. The van der Waals surface area contributed by atoms with Crippen molar-refractivity contribution in [1.82, 2.24) is 21.3 Å². The van der Waals surface area contributed by atoms with Crippen molar-refractivity contribution >= 4 is 29.6 Å². The molecule has 1 aliphatic heterocycles. The average Bonchev–Trinajstić information content (AvgIpc) is 2.91. The Bertz CT molecular complexity index is 1040. The van der Waals surface area contributed by atoms with E-state index in [2.05, 4.69) is 21.3 Å². The van der Waals surface area contributed by atoms with Gasteiger partial charge in [0.15, 0.2) is 5.78 Å². The van der Waals surface area contributed by atoms with Crippen LogP contribution in [0.1, 0.15) is 58.9 Å². The summed E-state index contributed by atoms with van der Waals surface area (Å²) in [7, 11) is 1.25. The molecule has 0 fully saturated rings. The van der Waals surface area contributed by atoms with Gasteiger partial charge in [-0.05, 0) is 36.7 Å². The standard InChI is InChI=1S/C30H44N4O6/c1-19(2)26(33-30(39)34-27(20(3)4)29(38)40-5)24(35)18-22-13-9-10-16-31-25(36)15-14-23(32-28(22)37)17-21-11-7-6-8-12-21/h6-8,11-12,14-15,19-20,22-23,26-27H,9-10,13,16-18H2,1-5H3,(H,31,36)(H,32,37)(H2,33,34,39)/b15-14+/t22-,23-,26+,27+/m1/s1. The molecule has 2 rings (SSSR count). The Labute approximate surface area is 237 Å². The van der Waals surface area contributed by atoms with E-state index in [1.54, 1.807) is 19.9 Å². The Kier molecular flexibility index (Phi) is 13.4. The maximum atomic E-state index is 13.4. The predicted octanol–water partition coefficient (Wildman–Crippen LogP) is 2.67. The van der Waals surface area contributed by atoms with Crippen molar-refractivity contribution in [3.05, 3.63) is 48.0 Å². The van der Waals surface area contributed by atoms with Crippen molar-refractivity contribution in [3.8, 4) is 0 Å². The number of carbonyl (C=O) groups excluding carboxylic acids is 5. The molecule has 1 heterocycles. The molecule has 1 aromatic carbocycles. The maximum absolute atomic E-state index is 13.4. The minimum Gasteiger partial charge on any atom is -0.467 e. The first-order valence-corrected chi connectivity index (χ1v) is 14.0. The average molecular weight is 557 g/mol. The third-order valence-corrected chi connectivity index (χ3v) is 6.91. The van der Waals surface area contributed by atoms with Crippen molar-refractivity contribution in [3.63, 3.8) is 0 Å². The smallest absolute Gasteiger partial charge is 0.328 e. The van der Waals surface area contributed by atoms with Crippen LogP contribution in [0.5, 0.6) is 0 Å². The largest absolute Gasteiger partial charge is 0.467 e. The third-order valence-electron chi connectivity index (χ3n) is 6.91. The minimum absolute atomic E-state index is 0.0479. The second-order valence-corrected chi connectivity index (χ2v) is 10.9. The number of methoxy groups -OCH3 is 1. The number of ether oxygens (including phenoxy) is 1. The first-order chi connectivity index (χ1) is 19.0. The highest BCUT2D eigenvalue weighted by atomic mass is 16.5. The van der Waals surface area contributed by atoms with Crippen molar-refractivity contribution in [2.45, 2.75) is 77.9 Å². The molecule has 1 aromatic rings. The second-order valence-electron chi connectivity index (χ2n) is 10.9. The van der Waals surface area contributed by atoms with Crippen LogP contribution in [0, 0.1) is 17.8 Å². The second kappa shape index (κ2) is 16.4. The summed E-state index contributed by atoms with van der Waals surface area (Å²) < 4.78 is 4.78. The number of benzene rings is 1. The van der Waals surface area contributed by atoms with Crippen LogP contribution < -0.4 is 21.3 Å². The van der Waals surface area contributed by atoms with Crippen LogP contribution in [-0.4, -0.2) is 61.4 Å². The van der Waals surface area contributed by atoms with Gasteiger partial charge in [-0.2, -0.15) is 0 Å². The van der Waals surface area contributed by atoms with Crippen LogP contribution in [0.3, 0.4) is 0 Å². The summed E-state index contributed by atoms with van der Waals surface area (Å²) in [5.41, 5.74) is 0.999. The van der Waals surface area contributed by atoms with Crippen molar-refractivity contribution in [2.75, 3.05) is 13.7 Å². The molecule has 0 aliphatic carbocycles. The van der Waals surface area contributed by atoms with Crippen molar-refractivity contribution < 1.29 is 28.7 Å². The molecule has 10 heteroatoms. The highest BCUT2D eigenvalue weighted by molar-refractivity contribution is 5.93. The van der Waals surface area contributed by atoms with Gasteiger partial charge >= 0.3 is 12.0 Å². The molecule has 0 saturated heterocycles. The topological polar surface area (TPSA) is 143 Å². The number of hydrogen-bond donors (Lipinski definition) is 4. The Morgan fingerprint density at radius 1 is 0.975 bits per heavy atom. The van der Waals surface area contributed by atoms with Gasteiger partial charge in [-0.3, -0.25) is 14.4 Å². The first kappa shape index (κ1) is 32.5.